The third-order valence-electron chi connectivity index (χ3n) is 5.89. The van der Waals surface area contributed by atoms with Gasteiger partial charge in [0.1, 0.15) is 12.4 Å². The summed E-state index contributed by atoms with van der Waals surface area (Å²) in [7, 11) is 0. The summed E-state index contributed by atoms with van der Waals surface area (Å²) in [4.78, 5) is 28.1. The lowest BCUT2D eigenvalue weighted by Crippen LogP contribution is -2.39. The van der Waals surface area contributed by atoms with Crippen molar-refractivity contribution in [1.82, 2.24) is 14.7 Å². The standard InChI is InChI=1S/C29H38N4O2/c1-20(2)15-16-32(28(35)23-13-11-21(3)12-14-23)19-27(34)30-26-18-25(29(5,6)7)31-33(26)24-10-8-9-22(4)17-24/h8-14,17-18,20H,15-16,19H2,1-7H3,(H,30,34). The van der Waals surface area contributed by atoms with E-state index in [2.05, 4.69) is 39.9 Å². The number of nitrogens with zero attached hydrogens (tertiary/aromatic N) is 3. The monoisotopic (exact) mass is 474 g/mol. The maximum atomic E-state index is 13.2. The fourth-order valence-corrected chi connectivity index (χ4v) is 3.69. The molecule has 0 fully saturated rings. The van der Waals surface area contributed by atoms with E-state index < -0.39 is 0 Å². The van der Waals surface area contributed by atoms with Crippen LogP contribution in [-0.4, -0.2) is 39.6 Å². The minimum absolute atomic E-state index is 0.0245. The van der Waals surface area contributed by atoms with Gasteiger partial charge in [0.15, 0.2) is 0 Å². The van der Waals surface area contributed by atoms with Crippen molar-refractivity contribution in [3.8, 4) is 5.69 Å². The van der Waals surface area contributed by atoms with Gasteiger partial charge in [0.25, 0.3) is 5.91 Å². The molecule has 0 aliphatic heterocycles. The number of nitrogens with one attached hydrogen (secondary N) is 1. The zero-order valence-electron chi connectivity index (χ0n) is 22.1. The van der Waals surface area contributed by atoms with E-state index in [-0.39, 0.29) is 23.8 Å². The van der Waals surface area contributed by atoms with Gasteiger partial charge in [0.05, 0.1) is 11.4 Å². The van der Waals surface area contributed by atoms with Gasteiger partial charge in [-0.25, -0.2) is 4.68 Å². The number of hydrogen-bond acceptors (Lipinski definition) is 3. The van der Waals surface area contributed by atoms with Crippen molar-refractivity contribution in [2.45, 2.75) is 60.3 Å². The van der Waals surface area contributed by atoms with Crippen LogP contribution in [0.15, 0.2) is 54.6 Å². The van der Waals surface area contributed by atoms with Crippen LogP contribution in [0.1, 0.15) is 68.2 Å². The van der Waals surface area contributed by atoms with Crippen LogP contribution in [0.25, 0.3) is 5.69 Å². The van der Waals surface area contributed by atoms with E-state index in [0.717, 1.165) is 28.9 Å². The molecule has 0 atom stereocenters. The molecule has 1 N–H and O–H groups in total. The Morgan fingerprint density at radius 1 is 1.00 bits per heavy atom. The van der Waals surface area contributed by atoms with E-state index in [1.54, 1.807) is 9.58 Å². The molecule has 35 heavy (non-hydrogen) atoms. The molecule has 0 bridgehead atoms. The maximum Gasteiger partial charge on any atom is 0.254 e. The molecule has 1 aromatic heterocycles. The van der Waals surface area contributed by atoms with Crippen molar-refractivity contribution in [2.24, 2.45) is 5.92 Å². The first kappa shape index (κ1) is 26.2. The Kier molecular flexibility index (Phi) is 8.15. The lowest BCUT2D eigenvalue weighted by molar-refractivity contribution is -0.117. The summed E-state index contributed by atoms with van der Waals surface area (Å²) in [6, 6.07) is 17.4. The third-order valence-corrected chi connectivity index (χ3v) is 5.89. The summed E-state index contributed by atoms with van der Waals surface area (Å²) in [5, 5.41) is 7.82. The first-order valence-electron chi connectivity index (χ1n) is 12.3. The molecule has 6 nitrogen and oxygen atoms in total. The van der Waals surface area contributed by atoms with Gasteiger partial charge in [0, 0.05) is 23.6 Å². The number of amides is 2. The van der Waals surface area contributed by atoms with Crippen LogP contribution in [0.3, 0.4) is 0 Å². The molecule has 0 saturated carbocycles. The van der Waals surface area contributed by atoms with E-state index >= 15 is 0 Å². The SMILES string of the molecule is Cc1ccc(C(=O)N(CCC(C)C)CC(=O)Nc2cc(C(C)(C)C)nn2-c2cccc(C)c2)cc1. The van der Waals surface area contributed by atoms with Crippen LogP contribution >= 0.6 is 0 Å². The van der Waals surface area contributed by atoms with Gasteiger partial charge in [-0.05, 0) is 56.0 Å². The van der Waals surface area contributed by atoms with Crippen LogP contribution in [0.2, 0.25) is 0 Å². The second kappa shape index (κ2) is 10.9. The molecule has 3 rings (SSSR count). The second-order valence-corrected chi connectivity index (χ2v) is 10.7. The van der Waals surface area contributed by atoms with E-state index in [1.165, 1.54) is 0 Å². The molecule has 0 aliphatic rings. The fraction of sp³-hybridized carbons (Fsp3) is 0.414. The highest BCUT2D eigenvalue weighted by atomic mass is 16.2. The van der Waals surface area contributed by atoms with Crippen LogP contribution in [0.4, 0.5) is 5.82 Å². The zero-order valence-corrected chi connectivity index (χ0v) is 22.1. The molecule has 3 aromatic rings. The van der Waals surface area contributed by atoms with Crippen molar-refractivity contribution < 1.29 is 9.59 Å². The second-order valence-electron chi connectivity index (χ2n) is 10.7. The van der Waals surface area contributed by atoms with Crippen molar-refractivity contribution in [2.75, 3.05) is 18.4 Å². The minimum atomic E-state index is -0.247. The maximum absolute atomic E-state index is 13.2. The molecule has 2 amide bonds. The highest BCUT2D eigenvalue weighted by molar-refractivity contribution is 5.99. The van der Waals surface area contributed by atoms with Crippen molar-refractivity contribution >= 4 is 17.6 Å². The number of carbonyl (C=O) groups excluding carboxylic acids is 2. The van der Waals surface area contributed by atoms with Crippen molar-refractivity contribution in [3.05, 3.63) is 77.0 Å². The van der Waals surface area contributed by atoms with Crippen LogP contribution in [-0.2, 0) is 10.2 Å². The molecular formula is C29H38N4O2. The molecular weight excluding hydrogens is 436 g/mol. The molecule has 1 heterocycles. The molecule has 0 saturated heterocycles. The van der Waals surface area contributed by atoms with E-state index in [9.17, 15) is 9.59 Å². The normalized spacial score (nSPS) is 11.5. The number of aromatic nitrogens is 2. The number of aryl methyl sites for hydroxylation is 2. The largest absolute Gasteiger partial charge is 0.329 e. The van der Waals surface area contributed by atoms with Crippen molar-refractivity contribution in [3.63, 3.8) is 0 Å². The van der Waals surface area contributed by atoms with Gasteiger partial charge in [-0.3, -0.25) is 9.59 Å². The zero-order chi connectivity index (χ0) is 25.8. The number of benzene rings is 2. The molecule has 6 heteroatoms. The lowest BCUT2D eigenvalue weighted by Gasteiger charge is -2.23. The first-order chi connectivity index (χ1) is 16.4. The lowest BCUT2D eigenvalue weighted by atomic mass is 9.92. The average Bonchev–Trinajstić information content (AvgIpc) is 3.21. The van der Waals surface area contributed by atoms with Crippen LogP contribution in [0.5, 0.6) is 0 Å². The highest BCUT2D eigenvalue weighted by Gasteiger charge is 2.23. The Hall–Kier alpha value is -3.41. The molecule has 0 spiro atoms. The summed E-state index contributed by atoms with van der Waals surface area (Å²) in [6.07, 6.45) is 0.820. The molecule has 0 radical (unpaired) electrons. The Balaban J connectivity index is 1.86. The minimum Gasteiger partial charge on any atom is -0.329 e. The number of rotatable bonds is 8. The smallest absolute Gasteiger partial charge is 0.254 e. The summed E-state index contributed by atoms with van der Waals surface area (Å²) in [6.45, 7) is 15.0. The Labute approximate surface area is 209 Å². The topological polar surface area (TPSA) is 67.2 Å². The Bertz CT molecular complexity index is 1170. The Morgan fingerprint density at radius 2 is 1.69 bits per heavy atom. The molecule has 0 aliphatic carbocycles. The van der Waals surface area contributed by atoms with Gasteiger partial charge >= 0.3 is 0 Å². The van der Waals surface area contributed by atoms with Gasteiger partial charge in [-0.15, -0.1) is 0 Å². The average molecular weight is 475 g/mol. The van der Waals surface area contributed by atoms with E-state index in [4.69, 9.17) is 5.10 Å². The van der Waals surface area contributed by atoms with Crippen molar-refractivity contribution in [1.29, 1.82) is 0 Å². The summed E-state index contributed by atoms with van der Waals surface area (Å²) in [5.41, 5.74) is 4.36. The molecule has 186 valence electrons. The number of anilines is 1. The summed E-state index contributed by atoms with van der Waals surface area (Å²) >= 11 is 0. The van der Waals surface area contributed by atoms with Gasteiger partial charge < -0.3 is 10.2 Å². The third kappa shape index (κ3) is 7.04. The highest BCUT2D eigenvalue weighted by Crippen LogP contribution is 2.26. The number of hydrogen-bond donors (Lipinski definition) is 1. The summed E-state index contributed by atoms with van der Waals surface area (Å²) < 4.78 is 1.77. The quantitative estimate of drug-likeness (QED) is 0.441. The predicted molar refractivity (Wildman–Crippen MR) is 142 cm³/mol. The molecule has 2 aromatic carbocycles. The first-order valence-corrected chi connectivity index (χ1v) is 12.3. The Morgan fingerprint density at radius 3 is 2.29 bits per heavy atom. The predicted octanol–water partition coefficient (Wildman–Crippen LogP) is 5.91. The van der Waals surface area contributed by atoms with Crippen LogP contribution < -0.4 is 5.32 Å². The van der Waals surface area contributed by atoms with Gasteiger partial charge in [-0.1, -0.05) is 64.4 Å². The fourth-order valence-electron chi connectivity index (χ4n) is 3.69. The van der Waals surface area contributed by atoms with Crippen LogP contribution in [0, 0.1) is 19.8 Å². The molecule has 0 unspecified atom stereocenters. The van der Waals surface area contributed by atoms with Gasteiger partial charge in [0.2, 0.25) is 5.91 Å². The van der Waals surface area contributed by atoms with Gasteiger partial charge in [-0.2, -0.15) is 5.10 Å². The van der Waals surface area contributed by atoms with E-state index in [1.807, 2.05) is 68.4 Å². The number of carbonyl (C=O) groups is 2. The van der Waals surface area contributed by atoms with E-state index in [0.29, 0.717) is 23.8 Å². The summed E-state index contributed by atoms with van der Waals surface area (Å²) in [5.74, 6) is 0.632.